The monoisotopic (exact) mass is 315 g/mol. The van der Waals surface area contributed by atoms with Gasteiger partial charge in [-0.1, -0.05) is 53.7 Å². The van der Waals surface area contributed by atoms with Crippen molar-refractivity contribution < 1.29 is 14.4 Å². The van der Waals surface area contributed by atoms with Gasteiger partial charge in [0.1, 0.15) is 5.52 Å². The molecule has 1 heterocycles. The molecule has 0 fully saturated rings. The van der Waals surface area contributed by atoms with E-state index >= 15 is 0 Å². The van der Waals surface area contributed by atoms with Gasteiger partial charge < -0.3 is 9.63 Å². The molecule has 0 atom stereocenters. The van der Waals surface area contributed by atoms with Crippen LogP contribution in [0.2, 0.25) is 0 Å². The summed E-state index contributed by atoms with van der Waals surface area (Å²) in [5, 5.41) is 16.0. The topological polar surface area (TPSA) is 63.3 Å². The molecule has 24 heavy (non-hydrogen) atoms. The minimum Gasteiger partial charge on any atom is -0.478 e. The molecule has 116 valence electrons. The maximum atomic E-state index is 10.7. The van der Waals surface area contributed by atoms with E-state index in [1.54, 1.807) is 6.08 Å². The van der Waals surface area contributed by atoms with E-state index in [1.165, 1.54) is 0 Å². The van der Waals surface area contributed by atoms with E-state index in [-0.39, 0.29) is 0 Å². The molecule has 4 heteroatoms. The number of aliphatic carboxylic acids is 1. The molecule has 1 aromatic heterocycles. The largest absolute Gasteiger partial charge is 0.478 e. The Hall–Kier alpha value is -3.40. The van der Waals surface area contributed by atoms with E-state index in [2.05, 4.69) is 17.3 Å². The van der Waals surface area contributed by atoms with E-state index in [1.807, 2.05) is 48.5 Å². The third-order valence-electron chi connectivity index (χ3n) is 3.95. The van der Waals surface area contributed by atoms with E-state index < -0.39 is 5.97 Å². The van der Waals surface area contributed by atoms with Crippen molar-refractivity contribution in [2.75, 3.05) is 0 Å². The van der Waals surface area contributed by atoms with Gasteiger partial charge in [-0.25, -0.2) is 4.79 Å². The van der Waals surface area contributed by atoms with Crippen molar-refractivity contribution in [3.05, 3.63) is 72.3 Å². The van der Waals surface area contributed by atoms with Crippen LogP contribution in [0.25, 0.3) is 39.1 Å². The molecule has 0 aliphatic heterocycles. The Morgan fingerprint density at radius 1 is 1.00 bits per heavy atom. The summed E-state index contributed by atoms with van der Waals surface area (Å²) in [6.45, 7) is 0. The zero-order chi connectivity index (χ0) is 16.5. The van der Waals surface area contributed by atoms with E-state index in [0.29, 0.717) is 5.76 Å². The van der Waals surface area contributed by atoms with E-state index in [4.69, 9.17) is 9.63 Å². The molecular weight excluding hydrogens is 302 g/mol. The summed E-state index contributed by atoms with van der Waals surface area (Å²) in [5.41, 5.74) is 2.50. The summed E-state index contributed by atoms with van der Waals surface area (Å²) < 4.78 is 5.60. The summed E-state index contributed by atoms with van der Waals surface area (Å²) >= 11 is 0. The molecule has 1 N–H and O–H groups in total. The summed E-state index contributed by atoms with van der Waals surface area (Å²) in [7, 11) is 0. The number of carbonyl (C=O) groups is 1. The molecule has 0 spiro atoms. The van der Waals surface area contributed by atoms with Crippen molar-refractivity contribution in [2.45, 2.75) is 0 Å². The molecule has 4 rings (SSSR count). The van der Waals surface area contributed by atoms with Crippen molar-refractivity contribution >= 4 is 33.7 Å². The Morgan fingerprint density at radius 3 is 2.71 bits per heavy atom. The van der Waals surface area contributed by atoms with Crippen LogP contribution in [0.3, 0.4) is 0 Å². The average molecular weight is 315 g/mol. The lowest BCUT2D eigenvalue weighted by molar-refractivity contribution is -0.131. The Balaban J connectivity index is 1.93. The van der Waals surface area contributed by atoms with Crippen LogP contribution < -0.4 is 0 Å². The summed E-state index contributed by atoms with van der Waals surface area (Å²) in [6, 6.07) is 19.7. The minimum absolute atomic E-state index is 0.687. The van der Waals surface area contributed by atoms with Crippen LogP contribution in [-0.2, 0) is 4.79 Å². The van der Waals surface area contributed by atoms with Gasteiger partial charge in [-0.3, -0.25) is 0 Å². The first kappa shape index (κ1) is 14.2. The predicted octanol–water partition coefficient (Wildman–Crippen LogP) is 4.75. The number of fused-ring (bicyclic) bond motifs is 2. The van der Waals surface area contributed by atoms with Gasteiger partial charge in [-0.15, -0.1) is 0 Å². The molecule has 0 bridgehead atoms. The van der Waals surface area contributed by atoms with Crippen molar-refractivity contribution in [3.63, 3.8) is 0 Å². The number of rotatable bonds is 3. The van der Waals surface area contributed by atoms with Gasteiger partial charge >= 0.3 is 5.97 Å². The highest BCUT2D eigenvalue weighted by molar-refractivity contribution is 6.03. The van der Waals surface area contributed by atoms with Crippen LogP contribution in [0.15, 0.2) is 71.3 Å². The third-order valence-corrected chi connectivity index (χ3v) is 3.95. The van der Waals surface area contributed by atoms with Crippen LogP contribution in [0.4, 0.5) is 0 Å². The highest BCUT2D eigenvalue weighted by Gasteiger charge is 2.13. The average Bonchev–Trinajstić information content (AvgIpc) is 3.02. The fraction of sp³-hybridized carbons (Fsp3) is 0. The Bertz CT molecular complexity index is 1090. The van der Waals surface area contributed by atoms with Crippen LogP contribution in [-0.4, -0.2) is 16.2 Å². The van der Waals surface area contributed by atoms with Crippen LogP contribution in [0.1, 0.15) is 5.56 Å². The number of nitrogens with zero attached hydrogens (tertiary/aromatic N) is 1. The Morgan fingerprint density at radius 2 is 1.83 bits per heavy atom. The molecule has 0 saturated heterocycles. The summed E-state index contributed by atoms with van der Waals surface area (Å²) in [4.78, 5) is 10.7. The molecular formula is C20H13NO3. The van der Waals surface area contributed by atoms with Crippen LogP contribution in [0, 0.1) is 0 Å². The lowest BCUT2D eigenvalue weighted by atomic mass is 10.00. The van der Waals surface area contributed by atoms with Crippen LogP contribution >= 0.6 is 0 Å². The van der Waals surface area contributed by atoms with Crippen molar-refractivity contribution in [2.24, 2.45) is 0 Å². The first-order chi connectivity index (χ1) is 11.7. The third kappa shape index (κ3) is 2.44. The predicted molar refractivity (Wildman–Crippen MR) is 93.6 cm³/mol. The first-order valence-electron chi connectivity index (χ1n) is 7.51. The molecule has 4 nitrogen and oxygen atoms in total. The highest BCUT2D eigenvalue weighted by Crippen LogP contribution is 2.34. The zero-order valence-electron chi connectivity index (χ0n) is 12.6. The van der Waals surface area contributed by atoms with Crippen LogP contribution in [0.5, 0.6) is 0 Å². The van der Waals surface area contributed by atoms with Crippen molar-refractivity contribution in [1.82, 2.24) is 5.16 Å². The molecule has 0 saturated carbocycles. The smallest absolute Gasteiger partial charge is 0.328 e. The molecule has 0 amide bonds. The second kappa shape index (κ2) is 5.66. The minimum atomic E-state index is -0.977. The first-order valence-corrected chi connectivity index (χ1v) is 7.51. The lowest BCUT2D eigenvalue weighted by Crippen LogP contribution is -1.85. The van der Waals surface area contributed by atoms with E-state index in [9.17, 15) is 4.79 Å². The Labute approximate surface area is 137 Å². The van der Waals surface area contributed by atoms with Gasteiger partial charge in [-0.05, 0) is 34.5 Å². The number of aromatic nitrogens is 1. The van der Waals surface area contributed by atoms with Gasteiger partial charge in [0.25, 0.3) is 0 Å². The molecule has 4 aromatic rings. The maximum absolute atomic E-state index is 10.7. The van der Waals surface area contributed by atoms with E-state index in [0.717, 1.165) is 38.9 Å². The van der Waals surface area contributed by atoms with Gasteiger partial charge in [0.2, 0.25) is 0 Å². The fourth-order valence-corrected chi connectivity index (χ4v) is 2.85. The van der Waals surface area contributed by atoms with Crippen molar-refractivity contribution in [3.8, 4) is 11.3 Å². The number of benzene rings is 3. The molecule has 3 aromatic carbocycles. The maximum Gasteiger partial charge on any atom is 0.328 e. The van der Waals surface area contributed by atoms with Gasteiger partial charge in [0.05, 0.1) is 5.39 Å². The molecule has 0 radical (unpaired) electrons. The number of carboxylic acid groups (broad SMARTS) is 1. The number of hydrogen-bond donors (Lipinski definition) is 1. The number of hydrogen-bond acceptors (Lipinski definition) is 3. The second-order valence-electron chi connectivity index (χ2n) is 5.49. The number of carboxylic acids is 1. The summed E-state index contributed by atoms with van der Waals surface area (Å²) in [5.74, 6) is -0.290. The van der Waals surface area contributed by atoms with Gasteiger partial charge in [-0.2, -0.15) is 0 Å². The second-order valence-corrected chi connectivity index (χ2v) is 5.49. The molecule has 0 unspecified atom stereocenters. The summed E-state index contributed by atoms with van der Waals surface area (Å²) in [6.07, 6.45) is 2.67. The quantitative estimate of drug-likeness (QED) is 0.554. The Kier molecular flexibility index (Phi) is 3.35. The lowest BCUT2D eigenvalue weighted by Gasteiger charge is -2.03. The highest BCUT2D eigenvalue weighted by atomic mass is 16.5. The van der Waals surface area contributed by atoms with Gasteiger partial charge in [0.15, 0.2) is 5.76 Å². The van der Waals surface area contributed by atoms with Gasteiger partial charge in [0, 0.05) is 11.6 Å². The standard InChI is InChI=1S/C20H13NO3/c22-19(23)11-9-13-8-10-18-17(12-13)20(24-21-18)16-7-3-5-14-4-1-2-6-15(14)16/h1-12H,(H,22,23)/b11-9+. The van der Waals surface area contributed by atoms with Crippen molar-refractivity contribution in [1.29, 1.82) is 0 Å². The zero-order valence-corrected chi connectivity index (χ0v) is 12.6. The normalized spacial score (nSPS) is 11.5. The fourth-order valence-electron chi connectivity index (χ4n) is 2.85. The SMILES string of the molecule is O=C(O)/C=C/c1ccc2noc(-c3cccc4ccccc34)c2c1. The molecule has 0 aliphatic rings. The molecule has 0 aliphatic carbocycles.